The van der Waals surface area contributed by atoms with Crippen LogP contribution in [0.1, 0.15) is 57.8 Å². The summed E-state index contributed by atoms with van der Waals surface area (Å²) in [6.45, 7) is 3.58. The van der Waals surface area contributed by atoms with Crippen molar-refractivity contribution >= 4 is 18.3 Å². The van der Waals surface area contributed by atoms with Crippen LogP contribution < -0.4 is 10.6 Å². The normalized spacial score (nSPS) is 21.9. The van der Waals surface area contributed by atoms with E-state index in [1.165, 1.54) is 32.1 Å². The molecule has 1 aliphatic carbocycles. The lowest BCUT2D eigenvalue weighted by Gasteiger charge is -2.37. The van der Waals surface area contributed by atoms with E-state index < -0.39 is 0 Å². The molecule has 2 fully saturated rings. The quantitative estimate of drug-likeness (QED) is 0.753. The lowest BCUT2D eigenvalue weighted by molar-refractivity contribution is -0.122. The van der Waals surface area contributed by atoms with E-state index in [1.54, 1.807) is 7.11 Å². The molecule has 2 N–H and O–H groups in total. The molecule has 0 aromatic rings. The van der Waals surface area contributed by atoms with E-state index in [2.05, 4.69) is 10.6 Å². The van der Waals surface area contributed by atoms with Gasteiger partial charge < -0.3 is 15.4 Å². The minimum absolute atomic E-state index is 0. The number of piperidine rings is 1. The van der Waals surface area contributed by atoms with Crippen LogP contribution in [0.4, 0.5) is 0 Å². The second kappa shape index (κ2) is 10.5. The van der Waals surface area contributed by atoms with Crippen molar-refractivity contribution in [1.29, 1.82) is 0 Å². The second-order valence-electron chi connectivity index (χ2n) is 7.00. The highest BCUT2D eigenvalue weighted by atomic mass is 35.5. The fourth-order valence-electron chi connectivity index (χ4n) is 3.82. The predicted molar refractivity (Wildman–Crippen MR) is 92.5 cm³/mol. The minimum atomic E-state index is 0. The summed E-state index contributed by atoms with van der Waals surface area (Å²) in [4.78, 5) is 12.1. The lowest BCUT2D eigenvalue weighted by Crippen LogP contribution is -2.47. The van der Waals surface area contributed by atoms with Gasteiger partial charge in [-0.2, -0.15) is 0 Å². The molecule has 1 aliphatic heterocycles. The zero-order valence-corrected chi connectivity index (χ0v) is 14.8. The van der Waals surface area contributed by atoms with Gasteiger partial charge in [-0.05, 0) is 38.3 Å². The van der Waals surface area contributed by atoms with Gasteiger partial charge in [-0.3, -0.25) is 4.79 Å². The number of nitrogens with one attached hydrogen (secondary N) is 2. The SMILES string of the molecule is COCC1(CNC(=O)CCC2CCCCC2)CCNCC1.Cl. The summed E-state index contributed by atoms with van der Waals surface area (Å²) < 4.78 is 5.39. The van der Waals surface area contributed by atoms with Crippen LogP contribution in [0.5, 0.6) is 0 Å². The molecule has 2 rings (SSSR count). The first-order valence-electron chi connectivity index (χ1n) is 8.70. The monoisotopic (exact) mass is 332 g/mol. The van der Waals surface area contributed by atoms with Gasteiger partial charge in [0.05, 0.1) is 6.61 Å². The van der Waals surface area contributed by atoms with Crippen molar-refractivity contribution in [2.45, 2.75) is 57.8 Å². The van der Waals surface area contributed by atoms with E-state index in [4.69, 9.17) is 4.74 Å². The molecular formula is C17H33ClN2O2. The average molecular weight is 333 g/mol. The Balaban J connectivity index is 0.00000242. The van der Waals surface area contributed by atoms with Crippen molar-refractivity contribution in [1.82, 2.24) is 10.6 Å². The number of carbonyl (C=O) groups excluding carboxylic acids is 1. The maximum atomic E-state index is 12.1. The highest BCUT2D eigenvalue weighted by Crippen LogP contribution is 2.29. The highest BCUT2D eigenvalue weighted by molar-refractivity contribution is 5.85. The summed E-state index contributed by atoms with van der Waals surface area (Å²) in [7, 11) is 1.76. The average Bonchev–Trinajstić information content (AvgIpc) is 2.53. The molecule has 1 saturated heterocycles. The first-order chi connectivity index (χ1) is 10.2. The summed E-state index contributed by atoms with van der Waals surface area (Å²) in [5, 5.41) is 6.56. The molecular weight excluding hydrogens is 300 g/mol. The number of amides is 1. The smallest absolute Gasteiger partial charge is 0.220 e. The van der Waals surface area contributed by atoms with Gasteiger partial charge in [0.15, 0.2) is 0 Å². The predicted octanol–water partition coefficient (Wildman–Crippen LogP) is 2.90. The van der Waals surface area contributed by atoms with Gasteiger partial charge in [0, 0.05) is 25.5 Å². The molecule has 0 aromatic carbocycles. The molecule has 0 radical (unpaired) electrons. The summed E-state index contributed by atoms with van der Waals surface area (Å²) in [6, 6.07) is 0. The third kappa shape index (κ3) is 6.43. The number of carbonyl (C=O) groups is 1. The highest BCUT2D eigenvalue weighted by Gasteiger charge is 2.32. The van der Waals surface area contributed by atoms with Crippen LogP contribution in [0.15, 0.2) is 0 Å². The van der Waals surface area contributed by atoms with Crippen LogP contribution in [0.2, 0.25) is 0 Å². The Bertz CT molecular complexity index is 308. The summed E-state index contributed by atoms with van der Waals surface area (Å²) in [6.07, 6.45) is 10.7. The van der Waals surface area contributed by atoms with E-state index in [0.29, 0.717) is 6.42 Å². The van der Waals surface area contributed by atoms with E-state index >= 15 is 0 Å². The van der Waals surface area contributed by atoms with Gasteiger partial charge >= 0.3 is 0 Å². The molecule has 1 amide bonds. The van der Waals surface area contributed by atoms with Crippen LogP contribution in [-0.4, -0.2) is 39.3 Å². The fourth-order valence-corrected chi connectivity index (χ4v) is 3.82. The van der Waals surface area contributed by atoms with Gasteiger partial charge in [-0.1, -0.05) is 32.1 Å². The minimum Gasteiger partial charge on any atom is -0.384 e. The Morgan fingerprint density at radius 2 is 1.91 bits per heavy atom. The van der Waals surface area contributed by atoms with E-state index in [9.17, 15) is 4.79 Å². The Labute approximate surface area is 141 Å². The molecule has 5 heteroatoms. The first kappa shape index (κ1) is 19.7. The van der Waals surface area contributed by atoms with Crippen LogP contribution in [0.3, 0.4) is 0 Å². The van der Waals surface area contributed by atoms with Crippen molar-refractivity contribution in [2.75, 3.05) is 33.4 Å². The molecule has 4 nitrogen and oxygen atoms in total. The van der Waals surface area contributed by atoms with Crippen molar-refractivity contribution in [2.24, 2.45) is 11.3 Å². The molecule has 1 saturated carbocycles. The lowest BCUT2D eigenvalue weighted by atomic mass is 9.79. The van der Waals surface area contributed by atoms with Crippen LogP contribution in [0.25, 0.3) is 0 Å². The van der Waals surface area contributed by atoms with Crippen molar-refractivity contribution in [3.63, 3.8) is 0 Å². The van der Waals surface area contributed by atoms with E-state index in [1.807, 2.05) is 0 Å². The van der Waals surface area contributed by atoms with Crippen LogP contribution in [-0.2, 0) is 9.53 Å². The van der Waals surface area contributed by atoms with Crippen molar-refractivity contribution in [3.05, 3.63) is 0 Å². The largest absolute Gasteiger partial charge is 0.384 e. The van der Waals surface area contributed by atoms with Crippen molar-refractivity contribution in [3.8, 4) is 0 Å². The number of methoxy groups -OCH3 is 1. The second-order valence-corrected chi connectivity index (χ2v) is 7.00. The van der Waals surface area contributed by atoms with Gasteiger partial charge in [-0.25, -0.2) is 0 Å². The molecule has 2 aliphatic rings. The standard InChI is InChI=1S/C17H32N2O2.ClH/c1-21-14-17(9-11-18-12-10-17)13-19-16(20)8-7-15-5-3-2-4-6-15;/h15,18H,2-14H2,1H3,(H,19,20);1H. The molecule has 130 valence electrons. The van der Waals surface area contributed by atoms with E-state index in [-0.39, 0.29) is 23.7 Å². The molecule has 0 aromatic heterocycles. The maximum absolute atomic E-state index is 12.1. The molecule has 1 heterocycles. The van der Waals surface area contributed by atoms with E-state index in [0.717, 1.165) is 51.4 Å². The van der Waals surface area contributed by atoms with Crippen molar-refractivity contribution < 1.29 is 9.53 Å². The molecule has 0 spiro atoms. The van der Waals surface area contributed by atoms with Gasteiger partial charge in [0.1, 0.15) is 0 Å². The molecule has 22 heavy (non-hydrogen) atoms. The molecule has 0 unspecified atom stereocenters. The number of halogens is 1. The third-order valence-electron chi connectivity index (χ3n) is 5.28. The Kier molecular flexibility index (Phi) is 9.37. The first-order valence-corrected chi connectivity index (χ1v) is 8.70. The Morgan fingerprint density at radius 3 is 2.55 bits per heavy atom. The Morgan fingerprint density at radius 1 is 1.23 bits per heavy atom. The fraction of sp³-hybridized carbons (Fsp3) is 0.941. The van der Waals surface area contributed by atoms with Gasteiger partial charge in [0.2, 0.25) is 5.91 Å². The number of rotatable bonds is 7. The van der Waals surface area contributed by atoms with Crippen LogP contribution >= 0.6 is 12.4 Å². The summed E-state index contributed by atoms with van der Waals surface area (Å²) in [5.41, 5.74) is 0.139. The van der Waals surface area contributed by atoms with Gasteiger partial charge in [0.25, 0.3) is 0 Å². The maximum Gasteiger partial charge on any atom is 0.220 e. The van der Waals surface area contributed by atoms with Gasteiger partial charge in [-0.15, -0.1) is 12.4 Å². The zero-order valence-electron chi connectivity index (χ0n) is 14.0. The number of hydrogen-bond acceptors (Lipinski definition) is 3. The third-order valence-corrected chi connectivity index (χ3v) is 5.28. The Hall–Kier alpha value is -0.320. The number of hydrogen-bond donors (Lipinski definition) is 2. The van der Waals surface area contributed by atoms with Crippen LogP contribution in [0, 0.1) is 11.3 Å². The topological polar surface area (TPSA) is 50.4 Å². The summed E-state index contributed by atoms with van der Waals surface area (Å²) in [5.74, 6) is 1.02. The molecule has 0 bridgehead atoms. The molecule has 0 atom stereocenters. The zero-order chi connectivity index (χ0) is 15.0. The summed E-state index contributed by atoms with van der Waals surface area (Å²) >= 11 is 0. The number of ether oxygens (including phenoxy) is 1.